The van der Waals surface area contributed by atoms with Gasteiger partial charge in [-0.25, -0.2) is 4.79 Å². The van der Waals surface area contributed by atoms with E-state index in [4.69, 9.17) is 14.6 Å². The zero-order valence-electron chi connectivity index (χ0n) is 10.6. The Hall–Kier alpha value is -1.88. The van der Waals surface area contributed by atoms with E-state index >= 15 is 0 Å². The number of hydrogen-bond acceptors (Lipinski definition) is 4. The van der Waals surface area contributed by atoms with Crippen LogP contribution in [0.2, 0.25) is 0 Å². The van der Waals surface area contributed by atoms with E-state index in [0.29, 0.717) is 17.9 Å². The molecule has 1 N–H and O–H groups in total. The minimum Gasteiger partial charge on any atom is -0.478 e. The molecule has 0 amide bonds. The number of fused-ring (bicyclic) bond motifs is 1. The summed E-state index contributed by atoms with van der Waals surface area (Å²) >= 11 is 0. The number of pyridine rings is 1. The van der Waals surface area contributed by atoms with Crippen molar-refractivity contribution < 1.29 is 19.4 Å². The van der Waals surface area contributed by atoms with Gasteiger partial charge in [0.05, 0.1) is 12.3 Å². The number of nitrogens with zero attached hydrogens (tertiary/aromatic N) is 1. The summed E-state index contributed by atoms with van der Waals surface area (Å²) < 4.78 is 11.3. The molecule has 0 fully saturated rings. The third kappa shape index (κ3) is 2.51. The first-order valence-corrected chi connectivity index (χ1v) is 5.61. The number of aryl methyl sites for hydroxylation is 1. The van der Waals surface area contributed by atoms with Crippen molar-refractivity contribution in [2.75, 3.05) is 0 Å². The van der Waals surface area contributed by atoms with Crippen LogP contribution in [0.15, 0.2) is 12.3 Å². The lowest BCUT2D eigenvalue weighted by Gasteiger charge is -2.33. The van der Waals surface area contributed by atoms with Crippen molar-refractivity contribution in [3.63, 3.8) is 0 Å². The molecule has 2 heterocycles. The second-order valence-corrected chi connectivity index (χ2v) is 4.57. The van der Waals surface area contributed by atoms with Crippen molar-refractivity contribution in [3.05, 3.63) is 29.1 Å². The summed E-state index contributed by atoms with van der Waals surface area (Å²) in [6.07, 6.45) is 4.20. The van der Waals surface area contributed by atoms with Gasteiger partial charge in [0.1, 0.15) is 5.75 Å². The van der Waals surface area contributed by atoms with Crippen molar-refractivity contribution in [3.8, 4) is 5.75 Å². The summed E-state index contributed by atoms with van der Waals surface area (Å²) in [7, 11) is 0. The van der Waals surface area contributed by atoms with Gasteiger partial charge >= 0.3 is 5.97 Å². The van der Waals surface area contributed by atoms with Crippen LogP contribution < -0.4 is 4.74 Å². The first-order valence-electron chi connectivity index (χ1n) is 5.61. The molecule has 1 aliphatic rings. The van der Waals surface area contributed by atoms with Gasteiger partial charge in [0.15, 0.2) is 0 Å². The van der Waals surface area contributed by atoms with Crippen LogP contribution in [0.3, 0.4) is 0 Å². The maximum atomic E-state index is 10.5. The first-order chi connectivity index (χ1) is 8.39. The Labute approximate surface area is 105 Å². The van der Waals surface area contributed by atoms with E-state index in [9.17, 15) is 4.79 Å². The van der Waals surface area contributed by atoms with Crippen LogP contribution in [-0.4, -0.2) is 21.8 Å². The third-order valence-corrected chi connectivity index (χ3v) is 2.67. The quantitative estimate of drug-likeness (QED) is 0.813. The molecule has 1 aliphatic heterocycles. The van der Waals surface area contributed by atoms with Crippen molar-refractivity contribution >= 4 is 12.0 Å². The van der Waals surface area contributed by atoms with E-state index in [1.165, 1.54) is 6.08 Å². The monoisotopic (exact) mass is 249 g/mol. The topological polar surface area (TPSA) is 68.7 Å². The molecule has 0 aromatic carbocycles. The van der Waals surface area contributed by atoms with E-state index in [1.807, 2.05) is 20.8 Å². The van der Waals surface area contributed by atoms with E-state index in [1.54, 1.807) is 6.20 Å². The van der Waals surface area contributed by atoms with Gasteiger partial charge in [-0.2, -0.15) is 0 Å². The number of aliphatic carboxylic acids is 1. The average molecular weight is 249 g/mol. The lowest BCUT2D eigenvalue weighted by atomic mass is 10.1. The SMILES string of the molecule is Cc1ncc(C=CC(=O)O)c2c1OC(C)(C)OC2. The van der Waals surface area contributed by atoms with Crippen molar-refractivity contribution in [1.82, 2.24) is 4.98 Å². The standard InChI is InChI=1S/C13H15NO4/c1-8-12-10(7-17-13(2,3)18-12)9(6-14-8)4-5-11(15)16/h4-6H,7H2,1-3H3,(H,15,16). The van der Waals surface area contributed by atoms with Crippen LogP contribution in [-0.2, 0) is 16.1 Å². The molecule has 1 aromatic rings. The Morgan fingerprint density at radius 1 is 1.56 bits per heavy atom. The van der Waals surface area contributed by atoms with Gasteiger partial charge in [-0.05, 0) is 13.0 Å². The predicted octanol–water partition coefficient (Wildman–Crippen LogP) is 2.13. The molecule has 0 saturated heterocycles. The van der Waals surface area contributed by atoms with Crippen LogP contribution in [0, 0.1) is 6.92 Å². The molecular weight excluding hydrogens is 234 g/mol. The summed E-state index contributed by atoms with van der Waals surface area (Å²) in [5.74, 6) is -1.00. The number of ether oxygens (including phenoxy) is 2. The van der Waals surface area contributed by atoms with Crippen LogP contribution in [0.1, 0.15) is 30.7 Å². The molecule has 1 aromatic heterocycles. The summed E-state index contributed by atoms with van der Waals surface area (Å²) in [5, 5.41) is 8.65. The van der Waals surface area contributed by atoms with Crippen LogP contribution >= 0.6 is 0 Å². The smallest absolute Gasteiger partial charge is 0.328 e. The fourth-order valence-electron chi connectivity index (χ4n) is 1.76. The van der Waals surface area contributed by atoms with Gasteiger partial charge in [-0.15, -0.1) is 0 Å². The minimum absolute atomic E-state index is 0.380. The summed E-state index contributed by atoms with van der Waals surface area (Å²) in [6, 6.07) is 0. The lowest BCUT2D eigenvalue weighted by Crippen LogP contribution is -2.36. The maximum Gasteiger partial charge on any atom is 0.328 e. The van der Waals surface area contributed by atoms with Gasteiger partial charge in [0.2, 0.25) is 5.79 Å². The van der Waals surface area contributed by atoms with E-state index in [0.717, 1.165) is 17.3 Å². The third-order valence-electron chi connectivity index (χ3n) is 2.67. The maximum absolute atomic E-state index is 10.5. The Morgan fingerprint density at radius 3 is 2.94 bits per heavy atom. The largest absolute Gasteiger partial charge is 0.478 e. The van der Waals surface area contributed by atoms with Crippen molar-refractivity contribution in [1.29, 1.82) is 0 Å². The van der Waals surface area contributed by atoms with Crippen molar-refractivity contribution in [2.24, 2.45) is 0 Å². The van der Waals surface area contributed by atoms with E-state index in [2.05, 4.69) is 4.98 Å². The molecule has 18 heavy (non-hydrogen) atoms. The van der Waals surface area contributed by atoms with Crippen LogP contribution in [0.25, 0.3) is 6.08 Å². The summed E-state index contributed by atoms with van der Waals surface area (Å²) in [6.45, 7) is 5.89. The molecule has 96 valence electrons. The van der Waals surface area contributed by atoms with Gasteiger partial charge in [-0.1, -0.05) is 0 Å². The van der Waals surface area contributed by atoms with E-state index < -0.39 is 11.8 Å². The van der Waals surface area contributed by atoms with Crippen LogP contribution in [0.5, 0.6) is 5.75 Å². The number of hydrogen-bond donors (Lipinski definition) is 1. The molecule has 5 nitrogen and oxygen atoms in total. The normalized spacial score (nSPS) is 17.3. The van der Waals surface area contributed by atoms with Crippen LogP contribution in [0.4, 0.5) is 0 Å². The van der Waals surface area contributed by atoms with Gasteiger partial charge in [0, 0.05) is 37.2 Å². The molecule has 0 aliphatic carbocycles. The number of carboxylic acids is 1. The highest BCUT2D eigenvalue weighted by atomic mass is 16.7. The van der Waals surface area contributed by atoms with E-state index in [-0.39, 0.29) is 0 Å². The second kappa shape index (κ2) is 4.42. The first kappa shape index (κ1) is 12.6. The van der Waals surface area contributed by atoms with Gasteiger partial charge < -0.3 is 14.6 Å². The highest BCUT2D eigenvalue weighted by Gasteiger charge is 2.30. The molecule has 0 atom stereocenters. The Kier molecular flexibility index (Phi) is 3.09. The minimum atomic E-state index is -0.998. The lowest BCUT2D eigenvalue weighted by molar-refractivity contribution is -0.180. The fraction of sp³-hybridized carbons (Fsp3) is 0.385. The molecule has 0 saturated carbocycles. The number of carbonyl (C=O) groups is 1. The Bertz CT molecular complexity index is 520. The zero-order chi connectivity index (χ0) is 13.3. The molecule has 0 radical (unpaired) electrons. The summed E-state index contributed by atoms with van der Waals surface area (Å²) in [4.78, 5) is 14.8. The molecule has 0 unspecified atom stereocenters. The molecule has 5 heteroatoms. The number of aromatic nitrogens is 1. The fourth-order valence-corrected chi connectivity index (χ4v) is 1.76. The molecule has 0 spiro atoms. The van der Waals surface area contributed by atoms with Gasteiger partial charge in [-0.3, -0.25) is 4.98 Å². The molecule has 2 rings (SSSR count). The number of carboxylic acid groups (broad SMARTS) is 1. The van der Waals surface area contributed by atoms with Gasteiger partial charge in [0.25, 0.3) is 0 Å². The highest BCUT2D eigenvalue weighted by molar-refractivity contribution is 5.85. The second-order valence-electron chi connectivity index (χ2n) is 4.57. The highest BCUT2D eigenvalue weighted by Crippen LogP contribution is 2.35. The zero-order valence-corrected chi connectivity index (χ0v) is 10.6. The average Bonchev–Trinajstić information content (AvgIpc) is 2.28. The number of rotatable bonds is 2. The summed E-state index contributed by atoms with van der Waals surface area (Å²) in [5.41, 5.74) is 2.31. The molecular formula is C13H15NO4. The predicted molar refractivity (Wildman–Crippen MR) is 65.1 cm³/mol. The Balaban J connectivity index is 2.44. The molecule has 0 bridgehead atoms. The Morgan fingerprint density at radius 2 is 2.28 bits per heavy atom. The van der Waals surface area contributed by atoms with Crippen molar-refractivity contribution in [2.45, 2.75) is 33.2 Å².